The molecule has 0 aliphatic rings. The van der Waals surface area contributed by atoms with Crippen LogP contribution >= 0.6 is 11.3 Å². The second-order valence-electron chi connectivity index (χ2n) is 5.93. The van der Waals surface area contributed by atoms with Gasteiger partial charge in [-0.2, -0.15) is 0 Å². The zero-order chi connectivity index (χ0) is 19.7. The molecule has 8 heteroatoms. The first-order valence-corrected chi connectivity index (χ1v) is 9.23. The highest BCUT2D eigenvalue weighted by Crippen LogP contribution is 2.32. The van der Waals surface area contributed by atoms with Gasteiger partial charge >= 0.3 is 0 Å². The standard InChI is InChI=1S/C20H16FN3O3S/c1-26-15-9-13(10-16(11-15)27-2)19(25)23-18-17(12-3-5-14(21)6-4-12)22-20-24(18)7-8-28-20/h3-11H,1-2H3,(H,23,25). The number of carbonyl (C=O) groups is 1. The predicted octanol–water partition coefficient (Wildman–Crippen LogP) is 4.47. The minimum atomic E-state index is -0.339. The number of halogens is 1. The molecule has 0 saturated carbocycles. The summed E-state index contributed by atoms with van der Waals surface area (Å²) in [6.45, 7) is 0. The number of rotatable bonds is 5. The molecule has 142 valence electrons. The van der Waals surface area contributed by atoms with Crippen molar-refractivity contribution >= 4 is 28.0 Å². The van der Waals surface area contributed by atoms with Crippen molar-refractivity contribution in [2.45, 2.75) is 0 Å². The third-order valence-corrected chi connectivity index (χ3v) is 4.98. The third kappa shape index (κ3) is 3.29. The molecule has 0 spiro atoms. The number of fused-ring (bicyclic) bond motifs is 1. The number of ether oxygens (including phenoxy) is 2. The Morgan fingerprint density at radius 1 is 1.11 bits per heavy atom. The molecule has 0 atom stereocenters. The Hall–Kier alpha value is -3.39. The van der Waals surface area contributed by atoms with Crippen LogP contribution in [-0.4, -0.2) is 29.5 Å². The number of nitrogens with one attached hydrogen (secondary N) is 1. The van der Waals surface area contributed by atoms with Crippen molar-refractivity contribution in [1.82, 2.24) is 9.38 Å². The van der Waals surface area contributed by atoms with Gasteiger partial charge in [-0.3, -0.25) is 9.20 Å². The van der Waals surface area contributed by atoms with Crippen LogP contribution in [0.1, 0.15) is 10.4 Å². The molecule has 1 N–H and O–H groups in total. The number of aromatic nitrogens is 2. The molecule has 0 aliphatic heterocycles. The Kier molecular flexibility index (Phi) is 4.70. The molecular formula is C20H16FN3O3S. The summed E-state index contributed by atoms with van der Waals surface area (Å²) in [5.41, 5.74) is 1.65. The highest BCUT2D eigenvalue weighted by molar-refractivity contribution is 7.15. The lowest BCUT2D eigenvalue weighted by Crippen LogP contribution is -2.14. The van der Waals surface area contributed by atoms with Crippen LogP contribution in [0, 0.1) is 5.82 Å². The van der Waals surface area contributed by atoms with Crippen molar-refractivity contribution in [1.29, 1.82) is 0 Å². The van der Waals surface area contributed by atoms with Crippen LogP contribution in [0.15, 0.2) is 54.0 Å². The predicted molar refractivity (Wildman–Crippen MR) is 106 cm³/mol. The molecule has 28 heavy (non-hydrogen) atoms. The van der Waals surface area contributed by atoms with Gasteiger partial charge in [0.15, 0.2) is 4.96 Å². The first-order chi connectivity index (χ1) is 13.6. The van der Waals surface area contributed by atoms with E-state index in [1.54, 1.807) is 34.7 Å². The lowest BCUT2D eigenvalue weighted by Gasteiger charge is -2.10. The van der Waals surface area contributed by atoms with Gasteiger partial charge in [0.25, 0.3) is 5.91 Å². The van der Waals surface area contributed by atoms with Crippen molar-refractivity contribution < 1.29 is 18.7 Å². The van der Waals surface area contributed by atoms with Crippen LogP contribution in [0.3, 0.4) is 0 Å². The molecular weight excluding hydrogens is 381 g/mol. The number of nitrogens with zero attached hydrogens (tertiary/aromatic N) is 2. The molecule has 2 heterocycles. The SMILES string of the molecule is COc1cc(OC)cc(C(=O)Nc2c(-c3ccc(F)cc3)nc3sccn23)c1. The highest BCUT2D eigenvalue weighted by Gasteiger charge is 2.19. The molecule has 4 aromatic rings. The highest BCUT2D eigenvalue weighted by atomic mass is 32.1. The van der Waals surface area contributed by atoms with E-state index in [9.17, 15) is 9.18 Å². The summed E-state index contributed by atoms with van der Waals surface area (Å²) in [6.07, 6.45) is 1.82. The number of benzene rings is 2. The zero-order valence-corrected chi connectivity index (χ0v) is 15.9. The summed E-state index contributed by atoms with van der Waals surface area (Å²) in [5.74, 6) is 0.858. The van der Waals surface area contributed by atoms with E-state index in [1.807, 2.05) is 11.6 Å². The van der Waals surface area contributed by atoms with E-state index in [-0.39, 0.29) is 11.7 Å². The van der Waals surface area contributed by atoms with Gasteiger partial charge in [-0.15, -0.1) is 11.3 Å². The van der Waals surface area contributed by atoms with Gasteiger partial charge in [0.1, 0.15) is 28.8 Å². The normalized spacial score (nSPS) is 10.8. The molecule has 0 radical (unpaired) electrons. The maximum Gasteiger partial charge on any atom is 0.257 e. The van der Waals surface area contributed by atoms with E-state index in [0.29, 0.717) is 34.1 Å². The van der Waals surface area contributed by atoms with Crippen molar-refractivity contribution in [3.05, 3.63) is 65.4 Å². The maximum absolute atomic E-state index is 13.3. The summed E-state index contributed by atoms with van der Waals surface area (Å²) in [5, 5.41) is 4.79. The molecule has 0 bridgehead atoms. The van der Waals surface area contributed by atoms with E-state index in [1.165, 1.54) is 37.7 Å². The summed E-state index contributed by atoms with van der Waals surface area (Å²) in [6, 6.07) is 10.9. The third-order valence-electron chi connectivity index (χ3n) is 4.23. The minimum absolute atomic E-state index is 0.334. The van der Waals surface area contributed by atoms with Gasteiger partial charge in [0.05, 0.1) is 14.2 Å². The number of thiazole rings is 1. The molecule has 0 saturated heterocycles. The number of methoxy groups -OCH3 is 2. The maximum atomic E-state index is 13.3. The van der Waals surface area contributed by atoms with Gasteiger partial charge in [0, 0.05) is 28.8 Å². The van der Waals surface area contributed by atoms with E-state index in [4.69, 9.17) is 9.47 Å². The van der Waals surface area contributed by atoms with Crippen LogP contribution in [0.25, 0.3) is 16.2 Å². The fourth-order valence-corrected chi connectivity index (χ4v) is 3.55. The Bertz CT molecular complexity index is 1130. The van der Waals surface area contributed by atoms with Gasteiger partial charge < -0.3 is 14.8 Å². The van der Waals surface area contributed by atoms with Gasteiger partial charge in [0.2, 0.25) is 0 Å². The van der Waals surface area contributed by atoms with Gasteiger partial charge in [-0.1, -0.05) is 0 Å². The van der Waals surface area contributed by atoms with Crippen LogP contribution in [0.4, 0.5) is 10.2 Å². The Morgan fingerprint density at radius 3 is 2.43 bits per heavy atom. The second kappa shape index (κ2) is 7.32. The van der Waals surface area contributed by atoms with Crippen molar-refractivity contribution in [2.75, 3.05) is 19.5 Å². The van der Waals surface area contributed by atoms with Crippen LogP contribution < -0.4 is 14.8 Å². The molecule has 2 aromatic carbocycles. The number of hydrogen-bond donors (Lipinski definition) is 1. The van der Waals surface area contributed by atoms with Gasteiger partial charge in [-0.25, -0.2) is 9.37 Å². The Balaban J connectivity index is 1.75. The minimum Gasteiger partial charge on any atom is -0.497 e. The molecule has 1 amide bonds. The van der Waals surface area contributed by atoms with E-state index in [2.05, 4.69) is 10.3 Å². The number of anilines is 1. The number of carbonyl (C=O) groups excluding carboxylic acids is 1. The first kappa shape index (κ1) is 18.0. The fraction of sp³-hybridized carbons (Fsp3) is 0.100. The van der Waals surface area contributed by atoms with E-state index in [0.717, 1.165) is 4.96 Å². The number of imidazole rings is 1. The summed E-state index contributed by atoms with van der Waals surface area (Å²) >= 11 is 1.44. The molecule has 0 aliphatic carbocycles. The van der Waals surface area contributed by atoms with Crippen molar-refractivity contribution in [3.63, 3.8) is 0 Å². The quantitative estimate of drug-likeness (QED) is 0.540. The molecule has 4 rings (SSSR count). The number of hydrogen-bond acceptors (Lipinski definition) is 5. The monoisotopic (exact) mass is 397 g/mol. The average Bonchev–Trinajstić information content (AvgIpc) is 3.30. The summed E-state index contributed by atoms with van der Waals surface area (Å²) in [4.78, 5) is 18.2. The summed E-state index contributed by atoms with van der Waals surface area (Å²) < 4.78 is 25.6. The van der Waals surface area contributed by atoms with Crippen LogP contribution in [0.2, 0.25) is 0 Å². The Morgan fingerprint density at radius 2 is 1.79 bits per heavy atom. The molecule has 0 unspecified atom stereocenters. The Labute approximate surface area is 164 Å². The van der Waals surface area contributed by atoms with Crippen LogP contribution in [-0.2, 0) is 0 Å². The average molecular weight is 397 g/mol. The topological polar surface area (TPSA) is 64.9 Å². The molecule has 2 aromatic heterocycles. The lowest BCUT2D eigenvalue weighted by molar-refractivity contribution is 0.102. The second-order valence-corrected chi connectivity index (χ2v) is 6.80. The lowest BCUT2D eigenvalue weighted by atomic mass is 10.1. The first-order valence-electron chi connectivity index (χ1n) is 8.35. The zero-order valence-electron chi connectivity index (χ0n) is 15.1. The molecule has 6 nitrogen and oxygen atoms in total. The van der Waals surface area contributed by atoms with E-state index >= 15 is 0 Å². The fourth-order valence-electron chi connectivity index (χ4n) is 2.83. The smallest absolute Gasteiger partial charge is 0.257 e. The number of amides is 1. The van der Waals surface area contributed by atoms with Crippen molar-refractivity contribution in [2.24, 2.45) is 0 Å². The van der Waals surface area contributed by atoms with Crippen LogP contribution in [0.5, 0.6) is 11.5 Å². The molecule has 0 fully saturated rings. The van der Waals surface area contributed by atoms with Crippen molar-refractivity contribution in [3.8, 4) is 22.8 Å². The van der Waals surface area contributed by atoms with E-state index < -0.39 is 0 Å². The largest absolute Gasteiger partial charge is 0.497 e. The summed E-state index contributed by atoms with van der Waals surface area (Å²) in [7, 11) is 3.05. The van der Waals surface area contributed by atoms with Gasteiger partial charge in [-0.05, 0) is 36.4 Å².